The highest BCUT2D eigenvalue weighted by Crippen LogP contribution is 2.30. The van der Waals surface area contributed by atoms with Crippen LogP contribution in [0.4, 0.5) is 14.7 Å². The lowest BCUT2D eigenvalue weighted by atomic mass is 9.91. The lowest BCUT2D eigenvalue weighted by Gasteiger charge is -2.28. The van der Waals surface area contributed by atoms with Crippen LogP contribution in [-0.4, -0.2) is 47.1 Å². The monoisotopic (exact) mass is 608 g/mol. The second-order valence-corrected chi connectivity index (χ2v) is 10.4. The number of carbonyl (C=O) groups excluding carboxylic acids is 2. The molecule has 1 aliphatic rings. The van der Waals surface area contributed by atoms with Gasteiger partial charge in [0.05, 0.1) is 41.9 Å². The molecule has 3 aromatic rings. The highest BCUT2D eigenvalue weighted by atomic mass is 19.1. The summed E-state index contributed by atoms with van der Waals surface area (Å²) in [6.07, 6.45) is 0. The van der Waals surface area contributed by atoms with Gasteiger partial charge in [-0.25, -0.2) is 33.3 Å². The third-order valence-corrected chi connectivity index (χ3v) is 6.45. The van der Waals surface area contributed by atoms with Crippen molar-refractivity contribution in [1.29, 1.82) is 0 Å². The summed E-state index contributed by atoms with van der Waals surface area (Å²) >= 11 is 0. The van der Waals surface area contributed by atoms with E-state index in [1.165, 1.54) is 24.3 Å². The summed E-state index contributed by atoms with van der Waals surface area (Å²) in [6.45, 7) is 11.7. The van der Waals surface area contributed by atoms with Crippen molar-refractivity contribution in [3.63, 3.8) is 0 Å². The van der Waals surface area contributed by atoms with Gasteiger partial charge in [0.15, 0.2) is 5.96 Å². The van der Waals surface area contributed by atoms with Crippen molar-refractivity contribution >= 4 is 29.5 Å². The van der Waals surface area contributed by atoms with Crippen molar-refractivity contribution in [2.45, 2.75) is 53.5 Å². The number of anilines is 1. The number of nitrogens with two attached hydrogens (primary N) is 2. The summed E-state index contributed by atoms with van der Waals surface area (Å²) in [5.74, 6) is -1.34. The zero-order chi connectivity index (χ0) is 32.6. The van der Waals surface area contributed by atoms with Gasteiger partial charge in [-0.05, 0) is 79.8 Å². The van der Waals surface area contributed by atoms with Crippen LogP contribution in [0.25, 0.3) is 17.0 Å². The van der Waals surface area contributed by atoms with Crippen LogP contribution in [0.1, 0.15) is 69.1 Å². The third kappa shape index (κ3) is 8.15. The number of guanidine groups is 1. The van der Waals surface area contributed by atoms with Crippen molar-refractivity contribution in [3.05, 3.63) is 82.6 Å². The van der Waals surface area contributed by atoms with Gasteiger partial charge in [0.2, 0.25) is 5.95 Å². The summed E-state index contributed by atoms with van der Waals surface area (Å²) < 4.78 is 36.5. The Kier molecular flexibility index (Phi) is 11.5. The van der Waals surface area contributed by atoms with Gasteiger partial charge in [-0.1, -0.05) is 27.7 Å². The molecule has 44 heavy (non-hydrogen) atoms. The zero-order valence-electron chi connectivity index (χ0n) is 25.7. The molecule has 10 nitrogen and oxygen atoms in total. The fraction of sp³-hybridized carbons (Fsp3) is 0.344. The molecule has 0 radical (unpaired) electrons. The molecule has 0 saturated heterocycles. The van der Waals surface area contributed by atoms with E-state index in [0.29, 0.717) is 33.8 Å². The van der Waals surface area contributed by atoms with Gasteiger partial charge in [-0.3, -0.25) is 0 Å². The van der Waals surface area contributed by atoms with E-state index in [-0.39, 0.29) is 54.2 Å². The predicted octanol–water partition coefficient (Wildman–Crippen LogP) is 5.21. The molecule has 0 saturated carbocycles. The number of rotatable bonds is 8. The van der Waals surface area contributed by atoms with Crippen molar-refractivity contribution in [1.82, 2.24) is 15.3 Å². The zero-order valence-corrected chi connectivity index (χ0v) is 25.7. The normalized spacial score (nSPS) is 14.4. The number of aromatic nitrogens is 2. The molecule has 0 amide bonds. The molecule has 234 valence electrons. The highest BCUT2D eigenvalue weighted by molar-refractivity contribution is 6.04. The number of nitrogens with zero attached hydrogens (tertiary/aromatic N) is 3. The molecule has 0 aliphatic carbocycles. The Morgan fingerprint density at radius 2 is 1.36 bits per heavy atom. The van der Waals surface area contributed by atoms with Crippen molar-refractivity contribution < 1.29 is 27.8 Å². The van der Waals surface area contributed by atoms with Gasteiger partial charge in [0, 0.05) is 5.56 Å². The lowest BCUT2D eigenvalue weighted by molar-refractivity contribution is -0.138. The van der Waals surface area contributed by atoms with Crippen LogP contribution >= 0.6 is 0 Å². The average molecular weight is 609 g/mol. The Morgan fingerprint density at radius 1 is 0.841 bits per heavy atom. The van der Waals surface area contributed by atoms with Crippen molar-refractivity contribution in [3.8, 4) is 11.3 Å². The standard InChI is InChI=1S/C16H20FN3O2.C16H18FN3O2/c2*1-4-22-15(21)12-13(9(2)3)19-16(18)20-14(12)10-5-7-11(17)8-6-10/h5-9,13H,4H2,1-3H3,(H3,18,19,20);5-9H,4H2,1-3H3,(H2,18,19,20). The number of carbonyl (C=O) groups is 2. The topological polar surface area (TPSA) is 155 Å². The van der Waals surface area contributed by atoms with E-state index in [1.54, 1.807) is 38.1 Å². The number of nitrogens with one attached hydrogen (secondary N) is 1. The molecule has 5 N–H and O–H groups in total. The third-order valence-electron chi connectivity index (χ3n) is 6.45. The van der Waals surface area contributed by atoms with E-state index in [0.717, 1.165) is 0 Å². The molecule has 4 rings (SSSR count). The average Bonchev–Trinajstić information content (AvgIpc) is 2.97. The fourth-order valence-electron chi connectivity index (χ4n) is 4.48. The van der Waals surface area contributed by atoms with Crippen LogP contribution < -0.4 is 16.8 Å². The summed E-state index contributed by atoms with van der Waals surface area (Å²) in [5.41, 5.74) is 14.9. The molecule has 1 unspecified atom stereocenters. The van der Waals surface area contributed by atoms with E-state index in [9.17, 15) is 18.4 Å². The first-order valence-electron chi connectivity index (χ1n) is 14.3. The number of hydrogen-bond acceptors (Lipinski definition) is 10. The first-order valence-corrected chi connectivity index (χ1v) is 14.3. The second kappa shape index (κ2) is 15.0. The summed E-state index contributed by atoms with van der Waals surface area (Å²) in [6, 6.07) is 11.1. The Morgan fingerprint density at radius 3 is 1.86 bits per heavy atom. The molecule has 1 aromatic heterocycles. The van der Waals surface area contributed by atoms with E-state index >= 15 is 0 Å². The van der Waals surface area contributed by atoms with Gasteiger partial charge in [0.25, 0.3) is 0 Å². The molecule has 12 heteroatoms. The number of hydrogen-bond donors (Lipinski definition) is 3. The van der Waals surface area contributed by atoms with Gasteiger partial charge < -0.3 is 26.3 Å². The first-order chi connectivity index (χ1) is 20.9. The molecular formula is C32H38F2N6O4. The predicted molar refractivity (Wildman–Crippen MR) is 165 cm³/mol. The highest BCUT2D eigenvalue weighted by Gasteiger charge is 2.32. The smallest absolute Gasteiger partial charge is 0.342 e. The van der Waals surface area contributed by atoms with Crippen LogP contribution in [0.5, 0.6) is 0 Å². The number of halogens is 2. The van der Waals surface area contributed by atoms with E-state index in [4.69, 9.17) is 20.9 Å². The maximum Gasteiger partial charge on any atom is 0.342 e. The molecule has 0 spiro atoms. The number of ether oxygens (including phenoxy) is 2. The van der Waals surface area contributed by atoms with Crippen LogP contribution in [-0.2, 0) is 14.3 Å². The van der Waals surface area contributed by atoms with Crippen LogP contribution in [0, 0.1) is 17.6 Å². The molecular weight excluding hydrogens is 570 g/mol. The Bertz CT molecular complexity index is 1540. The fourth-order valence-corrected chi connectivity index (χ4v) is 4.48. The number of esters is 2. The molecule has 0 bridgehead atoms. The van der Waals surface area contributed by atoms with Crippen molar-refractivity contribution in [2.24, 2.45) is 16.6 Å². The minimum atomic E-state index is -0.509. The summed E-state index contributed by atoms with van der Waals surface area (Å²) in [4.78, 5) is 37.3. The lowest BCUT2D eigenvalue weighted by Crippen LogP contribution is -2.41. The Labute approximate surface area is 255 Å². The number of benzene rings is 2. The first kappa shape index (κ1) is 33.6. The molecule has 1 aliphatic heterocycles. The minimum absolute atomic E-state index is 0.0381. The van der Waals surface area contributed by atoms with Crippen LogP contribution in [0.15, 0.2) is 59.1 Å². The Balaban J connectivity index is 0.000000240. The molecule has 2 heterocycles. The van der Waals surface area contributed by atoms with Crippen molar-refractivity contribution in [2.75, 3.05) is 18.9 Å². The largest absolute Gasteiger partial charge is 0.463 e. The van der Waals surface area contributed by atoms with Crippen LogP contribution in [0.2, 0.25) is 0 Å². The maximum absolute atomic E-state index is 13.1. The number of nitrogen functional groups attached to an aromatic ring is 1. The maximum atomic E-state index is 13.1. The summed E-state index contributed by atoms with van der Waals surface area (Å²) in [5, 5.41) is 2.91. The van der Waals surface area contributed by atoms with Gasteiger partial charge in [-0.15, -0.1) is 0 Å². The summed E-state index contributed by atoms with van der Waals surface area (Å²) in [7, 11) is 0. The van der Waals surface area contributed by atoms with Gasteiger partial charge in [0.1, 0.15) is 17.2 Å². The van der Waals surface area contributed by atoms with E-state index < -0.39 is 18.0 Å². The Hall–Kier alpha value is -4.87. The molecule has 1 atom stereocenters. The van der Waals surface area contributed by atoms with E-state index in [2.05, 4.69) is 20.3 Å². The quantitative estimate of drug-likeness (QED) is 0.292. The minimum Gasteiger partial charge on any atom is -0.463 e. The second-order valence-electron chi connectivity index (χ2n) is 10.4. The SMILES string of the molecule is CCOC(=O)C1=C(c2ccc(F)cc2)NC(N)=NC1C(C)C.CCOC(=O)c1c(-c2ccc(F)cc2)nc(N)nc1C(C)C. The van der Waals surface area contributed by atoms with Crippen LogP contribution in [0.3, 0.4) is 0 Å². The van der Waals surface area contributed by atoms with Gasteiger partial charge >= 0.3 is 11.9 Å². The molecule has 2 aromatic carbocycles. The van der Waals surface area contributed by atoms with Gasteiger partial charge in [-0.2, -0.15) is 0 Å². The molecule has 0 fully saturated rings. The van der Waals surface area contributed by atoms with E-state index in [1.807, 2.05) is 27.7 Å². The number of aliphatic imine (C=N–C) groups is 1.